The molecule has 0 spiro atoms. The van der Waals surface area contributed by atoms with Gasteiger partial charge in [-0.25, -0.2) is 13.4 Å². The number of carbonyl (C=O) groups excluding carboxylic acids is 2. The van der Waals surface area contributed by atoms with Gasteiger partial charge in [0.1, 0.15) is 5.71 Å². The summed E-state index contributed by atoms with van der Waals surface area (Å²) in [7, 11) is -1.43. The van der Waals surface area contributed by atoms with Crippen LogP contribution in [-0.2, 0) is 26.0 Å². The standard InChI is InChI=1S/C18H23N3O4S/c1-13-3-5-14(6-4-13)11-20(2)18(23)16-7-8-17(22)21(19-16)15-9-10-26(24,25)12-15/h3-6,15H,7-12H2,1-2H3/t15-/m1/s1. The second-order valence-electron chi connectivity index (χ2n) is 6.99. The van der Waals surface area contributed by atoms with Gasteiger partial charge in [0.05, 0.1) is 17.5 Å². The van der Waals surface area contributed by atoms with E-state index in [9.17, 15) is 18.0 Å². The Kier molecular flexibility index (Phi) is 5.13. The molecule has 1 saturated heterocycles. The predicted molar refractivity (Wildman–Crippen MR) is 98.2 cm³/mol. The lowest BCUT2D eigenvalue weighted by atomic mass is 10.1. The molecule has 0 bridgehead atoms. The first-order valence-corrected chi connectivity index (χ1v) is 10.5. The molecule has 0 unspecified atom stereocenters. The third-order valence-electron chi connectivity index (χ3n) is 4.75. The molecule has 0 aromatic heterocycles. The van der Waals surface area contributed by atoms with Gasteiger partial charge in [-0.2, -0.15) is 5.10 Å². The molecule has 1 atom stereocenters. The van der Waals surface area contributed by atoms with Crippen molar-refractivity contribution in [1.29, 1.82) is 0 Å². The number of hydrogen-bond acceptors (Lipinski definition) is 5. The summed E-state index contributed by atoms with van der Waals surface area (Å²) in [6.07, 6.45) is 0.837. The molecule has 140 valence electrons. The fraction of sp³-hybridized carbons (Fsp3) is 0.500. The minimum Gasteiger partial charge on any atom is -0.336 e. The SMILES string of the molecule is Cc1ccc(CN(C)C(=O)C2=NN([C@@H]3CCS(=O)(=O)C3)C(=O)CC2)cc1. The number of amides is 2. The summed E-state index contributed by atoms with van der Waals surface area (Å²) in [5, 5.41) is 5.46. The van der Waals surface area contributed by atoms with Crippen LogP contribution in [0.25, 0.3) is 0 Å². The molecule has 0 saturated carbocycles. The first kappa shape index (κ1) is 18.6. The second kappa shape index (κ2) is 7.19. The topological polar surface area (TPSA) is 87.1 Å². The summed E-state index contributed by atoms with van der Waals surface area (Å²) in [6.45, 7) is 2.45. The number of nitrogens with zero attached hydrogens (tertiary/aromatic N) is 3. The highest BCUT2D eigenvalue weighted by Gasteiger charge is 2.37. The number of benzene rings is 1. The van der Waals surface area contributed by atoms with E-state index in [1.54, 1.807) is 11.9 Å². The summed E-state index contributed by atoms with van der Waals surface area (Å²) in [5.41, 5.74) is 2.47. The molecule has 7 nitrogen and oxygen atoms in total. The molecule has 3 rings (SSSR count). The van der Waals surface area contributed by atoms with E-state index in [0.29, 0.717) is 18.7 Å². The quantitative estimate of drug-likeness (QED) is 0.787. The van der Waals surface area contributed by atoms with E-state index in [4.69, 9.17) is 0 Å². The van der Waals surface area contributed by atoms with Gasteiger partial charge in [0.2, 0.25) is 5.91 Å². The Labute approximate surface area is 153 Å². The fourth-order valence-corrected chi connectivity index (χ4v) is 4.93. The first-order valence-electron chi connectivity index (χ1n) is 8.66. The number of carbonyl (C=O) groups is 2. The Morgan fingerprint density at radius 2 is 1.96 bits per heavy atom. The van der Waals surface area contributed by atoms with Crippen molar-refractivity contribution in [3.63, 3.8) is 0 Å². The van der Waals surface area contributed by atoms with Crippen molar-refractivity contribution in [1.82, 2.24) is 9.91 Å². The molecular formula is C18H23N3O4S. The smallest absolute Gasteiger partial charge is 0.270 e. The molecule has 1 aromatic rings. The van der Waals surface area contributed by atoms with Crippen molar-refractivity contribution in [3.05, 3.63) is 35.4 Å². The van der Waals surface area contributed by atoms with Gasteiger partial charge in [-0.05, 0) is 18.9 Å². The van der Waals surface area contributed by atoms with Crippen molar-refractivity contribution in [2.24, 2.45) is 5.10 Å². The fourth-order valence-electron chi connectivity index (χ4n) is 3.24. The van der Waals surface area contributed by atoms with E-state index in [2.05, 4.69) is 5.10 Å². The van der Waals surface area contributed by atoms with Crippen LogP contribution >= 0.6 is 0 Å². The highest BCUT2D eigenvalue weighted by molar-refractivity contribution is 7.91. The van der Waals surface area contributed by atoms with Gasteiger partial charge < -0.3 is 4.90 Å². The summed E-state index contributed by atoms with van der Waals surface area (Å²) >= 11 is 0. The largest absolute Gasteiger partial charge is 0.336 e. The van der Waals surface area contributed by atoms with Crippen LogP contribution in [0.5, 0.6) is 0 Å². The van der Waals surface area contributed by atoms with Gasteiger partial charge in [-0.15, -0.1) is 0 Å². The molecule has 2 aliphatic rings. The molecule has 0 aliphatic carbocycles. The summed E-state index contributed by atoms with van der Waals surface area (Å²) < 4.78 is 23.4. The molecule has 26 heavy (non-hydrogen) atoms. The second-order valence-corrected chi connectivity index (χ2v) is 9.22. The van der Waals surface area contributed by atoms with Crippen molar-refractivity contribution in [2.45, 2.75) is 38.8 Å². The van der Waals surface area contributed by atoms with Gasteiger partial charge in [-0.3, -0.25) is 9.59 Å². The lowest BCUT2D eigenvalue weighted by Crippen LogP contribution is -2.44. The van der Waals surface area contributed by atoms with E-state index in [1.807, 2.05) is 31.2 Å². The monoisotopic (exact) mass is 377 g/mol. The van der Waals surface area contributed by atoms with Gasteiger partial charge in [0, 0.05) is 26.4 Å². The van der Waals surface area contributed by atoms with Crippen LogP contribution in [0.4, 0.5) is 0 Å². The van der Waals surface area contributed by atoms with E-state index < -0.39 is 15.9 Å². The predicted octanol–water partition coefficient (Wildman–Crippen LogP) is 1.12. The van der Waals surface area contributed by atoms with Gasteiger partial charge in [0.25, 0.3) is 5.91 Å². The van der Waals surface area contributed by atoms with Gasteiger partial charge in [0.15, 0.2) is 9.84 Å². The highest BCUT2D eigenvalue weighted by Crippen LogP contribution is 2.22. The highest BCUT2D eigenvalue weighted by atomic mass is 32.2. The zero-order valence-corrected chi connectivity index (χ0v) is 15.8. The van der Waals surface area contributed by atoms with Crippen LogP contribution in [0.15, 0.2) is 29.4 Å². The lowest BCUT2D eigenvalue weighted by Gasteiger charge is -2.29. The molecule has 2 heterocycles. The normalized spacial score (nSPS) is 22.2. The molecule has 2 amide bonds. The Morgan fingerprint density at radius 3 is 2.58 bits per heavy atom. The number of hydrazone groups is 1. The Balaban J connectivity index is 1.72. The van der Waals surface area contributed by atoms with E-state index in [0.717, 1.165) is 11.1 Å². The zero-order chi connectivity index (χ0) is 18.9. The summed E-state index contributed by atoms with van der Waals surface area (Å²) in [4.78, 5) is 26.4. The van der Waals surface area contributed by atoms with Crippen molar-refractivity contribution >= 4 is 27.4 Å². The minimum absolute atomic E-state index is 0.0631. The van der Waals surface area contributed by atoms with E-state index in [-0.39, 0.29) is 36.2 Å². The lowest BCUT2D eigenvalue weighted by molar-refractivity contribution is -0.134. The van der Waals surface area contributed by atoms with E-state index >= 15 is 0 Å². The third kappa shape index (κ3) is 4.12. The maximum absolute atomic E-state index is 12.7. The maximum Gasteiger partial charge on any atom is 0.270 e. The zero-order valence-electron chi connectivity index (χ0n) is 15.0. The molecule has 1 aromatic carbocycles. The number of sulfone groups is 1. The molecule has 8 heteroatoms. The molecule has 2 aliphatic heterocycles. The summed E-state index contributed by atoms with van der Waals surface area (Å²) in [5.74, 6) is -0.468. The van der Waals surface area contributed by atoms with E-state index in [1.165, 1.54) is 5.01 Å². The van der Waals surface area contributed by atoms with Crippen molar-refractivity contribution in [3.8, 4) is 0 Å². The summed E-state index contributed by atoms with van der Waals surface area (Å²) in [6, 6.07) is 7.47. The molecule has 0 radical (unpaired) electrons. The Morgan fingerprint density at radius 1 is 1.27 bits per heavy atom. The molecule has 0 N–H and O–H groups in total. The van der Waals surface area contributed by atoms with Crippen LogP contribution in [0, 0.1) is 6.92 Å². The van der Waals surface area contributed by atoms with Crippen LogP contribution in [0.2, 0.25) is 0 Å². The molecule has 1 fully saturated rings. The van der Waals surface area contributed by atoms with Gasteiger partial charge >= 0.3 is 0 Å². The van der Waals surface area contributed by atoms with Crippen LogP contribution in [-0.4, -0.2) is 60.4 Å². The van der Waals surface area contributed by atoms with Gasteiger partial charge in [-0.1, -0.05) is 29.8 Å². The Hall–Kier alpha value is -2.22. The molecular weight excluding hydrogens is 354 g/mol. The number of rotatable bonds is 4. The third-order valence-corrected chi connectivity index (χ3v) is 6.50. The van der Waals surface area contributed by atoms with Crippen molar-refractivity contribution < 1.29 is 18.0 Å². The van der Waals surface area contributed by atoms with Crippen LogP contribution < -0.4 is 0 Å². The number of hydrogen-bond donors (Lipinski definition) is 0. The first-order chi connectivity index (χ1) is 12.2. The minimum atomic E-state index is -3.13. The van der Waals surface area contributed by atoms with Crippen LogP contribution in [0.3, 0.4) is 0 Å². The van der Waals surface area contributed by atoms with Crippen molar-refractivity contribution in [2.75, 3.05) is 18.6 Å². The average molecular weight is 377 g/mol. The average Bonchev–Trinajstić information content (AvgIpc) is 2.96. The Bertz CT molecular complexity index is 846. The van der Waals surface area contributed by atoms with Crippen LogP contribution in [0.1, 0.15) is 30.4 Å². The maximum atomic E-state index is 12.7. The number of aryl methyl sites for hydroxylation is 1.